The molecule has 1 aromatic rings. The van der Waals surface area contributed by atoms with E-state index in [1.54, 1.807) is 6.07 Å². The minimum Gasteiger partial charge on any atom is -0.167 e. The zero-order valence-corrected chi connectivity index (χ0v) is 13.4. The van der Waals surface area contributed by atoms with Crippen LogP contribution in [0.3, 0.4) is 0 Å². The third-order valence-electron chi connectivity index (χ3n) is 1.66. The first-order chi connectivity index (χ1) is 5.41. The van der Waals surface area contributed by atoms with Crippen molar-refractivity contribution in [3.05, 3.63) is 33.8 Å². The number of hydrogen-bond acceptors (Lipinski definition) is 0. The van der Waals surface area contributed by atoms with E-state index in [1.807, 2.05) is 6.07 Å². The molecule has 0 nitrogen and oxygen atoms in total. The summed E-state index contributed by atoms with van der Waals surface area (Å²) in [7, 11) is 0. The Labute approximate surface area is 129 Å². The predicted octanol–water partition coefficient (Wildman–Crippen LogP) is 4.93. The Morgan fingerprint density at radius 1 is 1.13 bits per heavy atom. The quantitative estimate of drug-likeness (QED) is 0.469. The van der Waals surface area contributed by atoms with E-state index in [9.17, 15) is 0 Å². The Kier molecular flexibility index (Phi) is 11.7. The van der Waals surface area contributed by atoms with Gasteiger partial charge in [-0.25, -0.2) is 0 Å². The average molecular weight is 323 g/mol. The standard InChI is InChI=1S/C10H11Cl2.2ClH.Ti/c1-10(2,3)8-6-7(11)4-5-9(8)12;;;/h4,6H,1-3H3;2*1H;/q-1;;;. The van der Waals surface area contributed by atoms with Gasteiger partial charge < -0.3 is 0 Å². The topological polar surface area (TPSA) is 0 Å². The minimum absolute atomic E-state index is 0. The molecule has 0 aromatic heterocycles. The molecule has 86 valence electrons. The van der Waals surface area contributed by atoms with Crippen LogP contribution in [0.1, 0.15) is 26.3 Å². The van der Waals surface area contributed by atoms with Crippen molar-refractivity contribution >= 4 is 48.0 Å². The van der Waals surface area contributed by atoms with Crippen LogP contribution in [0.15, 0.2) is 12.1 Å². The molecule has 0 unspecified atom stereocenters. The average Bonchev–Trinajstić information content (AvgIpc) is 1.92. The fourth-order valence-corrected chi connectivity index (χ4v) is 1.55. The predicted molar refractivity (Wildman–Crippen MR) is 68.5 cm³/mol. The van der Waals surface area contributed by atoms with Crippen molar-refractivity contribution in [1.29, 1.82) is 0 Å². The van der Waals surface area contributed by atoms with Crippen molar-refractivity contribution in [3.63, 3.8) is 0 Å². The Balaban J connectivity index is -0.000000480. The van der Waals surface area contributed by atoms with Crippen LogP contribution in [0.5, 0.6) is 0 Å². The van der Waals surface area contributed by atoms with E-state index in [-0.39, 0.29) is 51.9 Å². The fourth-order valence-electron chi connectivity index (χ4n) is 0.999. The Hall–Kier alpha value is 1.09. The van der Waals surface area contributed by atoms with Crippen LogP contribution in [0.4, 0.5) is 0 Å². The van der Waals surface area contributed by atoms with Crippen LogP contribution in [0.2, 0.25) is 10.0 Å². The van der Waals surface area contributed by atoms with E-state index in [4.69, 9.17) is 23.2 Å². The molecule has 0 atom stereocenters. The molecule has 1 rings (SSSR count). The van der Waals surface area contributed by atoms with Gasteiger partial charge in [0.25, 0.3) is 0 Å². The van der Waals surface area contributed by atoms with Crippen molar-refractivity contribution in [1.82, 2.24) is 0 Å². The molecule has 0 aliphatic heterocycles. The molecule has 0 heterocycles. The number of rotatable bonds is 0. The smallest absolute Gasteiger partial charge is 0 e. The van der Waals surface area contributed by atoms with Crippen molar-refractivity contribution in [2.24, 2.45) is 0 Å². The molecule has 0 saturated carbocycles. The van der Waals surface area contributed by atoms with E-state index in [1.165, 1.54) is 0 Å². The Morgan fingerprint density at radius 3 is 1.93 bits per heavy atom. The Bertz CT molecular complexity index is 294. The van der Waals surface area contributed by atoms with Gasteiger partial charge in [0.2, 0.25) is 0 Å². The van der Waals surface area contributed by atoms with Crippen molar-refractivity contribution in [2.45, 2.75) is 26.2 Å². The summed E-state index contributed by atoms with van der Waals surface area (Å²) in [5, 5.41) is 1.34. The van der Waals surface area contributed by atoms with Gasteiger partial charge >= 0.3 is 0 Å². The fraction of sp³-hybridized carbons (Fsp3) is 0.400. The van der Waals surface area contributed by atoms with Gasteiger partial charge in [-0.1, -0.05) is 36.2 Å². The van der Waals surface area contributed by atoms with Crippen LogP contribution in [0, 0.1) is 6.07 Å². The third kappa shape index (κ3) is 6.41. The molecular weight excluding hydrogens is 310 g/mol. The van der Waals surface area contributed by atoms with E-state index in [0.717, 1.165) is 5.56 Å². The van der Waals surface area contributed by atoms with Crippen molar-refractivity contribution in [2.75, 3.05) is 0 Å². The summed E-state index contributed by atoms with van der Waals surface area (Å²) in [5.41, 5.74) is 1.06. The van der Waals surface area contributed by atoms with Gasteiger partial charge in [-0.2, -0.15) is 23.7 Å². The second kappa shape index (κ2) is 8.22. The summed E-state index contributed by atoms with van der Waals surface area (Å²) in [5.74, 6) is 0. The molecule has 5 heteroatoms. The van der Waals surface area contributed by atoms with Crippen LogP contribution >= 0.6 is 48.0 Å². The first-order valence-electron chi connectivity index (χ1n) is 3.78. The maximum absolute atomic E-state index is 5.97. The number of halogens is 4. The number of hydrogen-bond donors (Lipinski definition) is 0. The minimum atomic E-state index is 0. The van der Waals surface area contributed by atoms with E-state index >= 15 is 0 Å². The molecule has 0 aliphatic carbocycles. The zero-order chi connectivity index (χ0) is 9.35. The van der Waals surface area contributed by atoms with Crippen LogP contribution in [-0.2, 0) is 27.1 Å². The van der Waals surface area contributed by atoms with Gasteiger partial charge in [-0.05, 0) is 0 Å². The molecule has 0 spiro atoms. The van der Waals surface area contributed by atoms with Crippen LogP contribution in [-0.4, -0.2) is 0 Å². The molecule has 0 aliphatic rings. The molecule has 0 radical (unpaired) electrons. The molecule has 0 bridgehead atoms. The normalized spacial score (nSPS) is 9.40. The molecular formula is C10H13Cl4Ti-. The molecule has 1 aromatic carbocycles. The molecule has 0 N–H and O–H groups in total. The van der Waals surface area contributed by atoms with E-state index in [0.29, 0.717) is 10.0 Å². The second-order valence-electron chi connectivity index (χ2n) is 3.80. The van der Waals surface area contributed by atoms with Gasteiger partial charge in [0, 0.05) is 21.7 Å². The van der Waals surface area contributed by atoms with Gasteiger partial charge in [0.1, 0.15) is 0 Å². The monoisotopic (exact) mass is 321 g/mol. The summed E-state index contributed by atoms with van der Waals surface area (Å²) in [4.78, 5) is 0. The van der Waals surface area contributed by atoms with Gasteiger partial charge in [-0.3, -0.25) is 0 Å². The van der Waals surface area contributed by atoms with E-state index in [2.05, 4.69) is 26.8 Å². The van der Waals surface area contributed by atoms with Gasteiger partial charge in [-0.15, -0.1) is 48.0 Å². The molecule has 0 saturated heterocycles. The number of benzene rings is 1. The second-order valence-corrected chi connectivity index (χ2v) is 4.61. The summed E-state index contributed by atoms with van der Waals surface area (Å²) in [6.45, 7) is 6.29. The van der Waals surface area contributed by atoms with Gasteiger partial charge in [0.15, 0.2) is 0 Å². The summed E-state index contributed by atoms with van der Waals surface area (Å²) >= 11 is 11.8. The molecule has 0 fully saturated rings. The SMILES string of the molecule is CC(C)(C)c1cc(Cl)c[c-]c1Cl.Cl.Cl.[Ti]. The Morgan fingerprint density at radius 2 is 1.60 bits per heavy atom. The maximum atomic E-state index is 5.97. The molecule has 0 amide bonds. The van der Waals surface area contributed by atoms with E-state index < -0.39 is 0 Å². The maximum Gasteiger partial charge on any atom is 0 e. The zero-order valence-electron chi connectivity index (χ0n) is 8.73. The van der Waals surface area contributed by atoms with Crippen LogP contribution in [0.25, 0.3) is 0 Å². The third-order valence-corrected chi connectivity index (χ3v) is 2.19. The largest absolute Gasteiger partial charge is 0.167 e. The first kappa shape index (κ1) is 21.4. The van der Waals surface area contributed by atoms with Gasteiger partial charge in [0.05, 0.1) is 0 Å². The summed E-state index contributed by atoms with van der Waals surface area (Å²) in [6, 6.07) is 6.48. The first-order valence-corrected chi connectivity index (χ1v) is 4.54. The molecule has 15 heavy (non-hydrogen) atoms. The van der Waals surface area contributed by atoms with Crippen molar-refractivity contribution in [3.8, 4) is 0 Å². The summed E-state index contributed by atoms with van der Waals surface area (Å²) in [6.07, 6.45) is 0. The van der Waals surface area contributed by atoms with Crippen molar-refractivity contribution < 1.29 is 21.7 Å². The van der Waals surface area contributed by atoms with Crippen LogP contribution < -0.4 is 0 Å². The summed E-state index contributed by atoms with van der Waals surface area (Å²) < 4.78 is 0.